The average molecular weight is 796 g/mol. The highest BCUT2D eigenvalue weighted by Crippen LogP contribution is 2.61. The standard InChI is InChI=1S/C21H36N7O17P3S.C/c1-21(2,16(31)19(32)24-4-3-12(29)23-5-6-49-40)8-42-48(38,39)45-47(36,37)41-7-11-15(44-46(33,34)35)14(30)20(43-11)28-10-27-13-17(22)25-9-26-18(13)28;/h9-11,14-16,20,30-31,40H,3-8H2,1-2H3,(H,23,29)(H,24,32)(H,36,37)(H,38,39)(H2,22,25,26)(H2,33,34,35);/t11-,14-,15-,16+,20-;/m1./s1. The zero-order valence-electron chi connectivity index (χ0n) is 26.1. The van der Waals surface area contributed by atoms with Gasteiger partial charge in [-0.25, -0.2) is 28.6 Å². The molecule has 2 aromatic rings. The number of phosphoric ester groups is 3. The maximum atomic E-state index is 12.6. The Morgan fingerprint density at radius 1 is 1.10 bits per heavy atom. The van der Waals surface area contributed by atoms with E-state index in [-0.39, 0.29) is 49.7 Å². The Labute approximate surface area is 288 Å². The number of fused-ring (bicyclic) bond motifs is 1. The van der Waals surface area contributed by atoms with Crippen LogP contribution >= 0.6 is 35.5 Å². The third kappa shape index (κ3) is 12.5. The van der Waals surface area contributed by atoms with E-state index in [0.29, 0.717) is 12.0 Å². The molecule has 3 rings (SSSR count). The van der Waals surface area contributed by atoms with Gasteiger partial charge in [-0.3, -0.25) is 27.7 Å². The van der Waals surface area contributed by atoms with Crippen LogP contribution in [0.1, 0.15) is 26.5 Å². The molecule has 0 bridgehead atoms. The molecule has 2 unspecified atom stereocenters. The number of ether oxygens (including phenoxy) is 1. The van der Waals surface area contributed by atoms with Crippen LogP contribution in [-0.2, 0) is 45.9 Å². The van der Waals surface area contributed by atoms with Crippen LogP contribution in [0.15, 0.2) is 12.7 Å². The Morgan fingerprint density at radius 2 is 1.76 bits per heavy atom. The molecule has 1 fully saturated rings. The fourth-order valence-corrected chi connectivity index (χ4v) is 7.20. The monoisotopic (exact) mass is 795 g/mol. The summed E-state index contributed by atoms with van der Waals surface area (Å²) in [7, 11) is -16.3. The van der Waals surface area contributed by atoms with E-state index in [1.165, 1.54) is 13.8 Å². The lowest BCUT2D eigenvalue weighted by Crippen LogP contribution is -2.46. The zero-order valence-corrected chi connectivity index (χ0v) is 29.6. The number of aliphatic hydroxyl groups is 2. The number of rotatable bonds is 19. The van der Waals surface area contributed by atoms with Gasteiger partial charge in [0.1, 0.15) is 36.3 Å². The van der Waals surface area contributed by atoms with Crippen molar-refractivity contribution in [3.05, 3.63) is 20.1 Å². The van der Waals surface area contributed by atoms with Crippen molar-refractivity contribution in [2.24, 2.45) is 5.41 Å². The zero-order chi connectivity index (χ0) is 36.8. The van der Waals surface area contributed by atoms with Gasteiger partial charge in [0, 0.05) is 38.1 Å². The predicted molar refractivity (Wildman–Crippen MR) is 168 cm³/mol. The molecule has 1 aliphatic heterocycles. The highest BCUT2D eigenvalue weighted by atomic mass is 32.2. The van der Waals surface area contributed by atoms with Gasteiger partial charge in [0.05, 0.1) is 19.5 Å². The molecule has 7 atom stereocenters. The number of nitrogens with one attached hydrogen (secondary N) is 2. The van der Waals surface area contributed by atoms with Gasteiger partial charge in [-0.2, -0.15) is 4.31 Å². The quantitative estimate of drug-likeness (QED) is 0.0448. The molecule has 2 amide bonds. The molecule has 2 aromatic heterocycles. The van der Waals surface area contributed by atoms with Gasteiger partial charge in [0.2, 0.25) is 11.8 Å². The number of carbonyl (C=O) groups is 2. The van der Waals surface area contributed by atoms with Gasteiger partial charge in [0.25, 0.3) is 0 Å². The maximum absolute atomic E-state index is 12.6. The first-order valence-electron chi connectivity index (χ1n) is 13.8. The fraction of sp³-hybridized carbons (Fsp3) is 0.636. The summed E-state index contributed by atoms with van der Waals surface area (Å²) >= 11 is 0.534. The first-order valence-corrected chi connectivity index (χ1v) is 19.3. The van der Waals surface area contributed by atoms with Gasteiger partial charge < -0.3 is 55.4 Å². The summed E-state index contributed by atoms with van der Waals surface area (Å²) in [6.07, 6.45) is -6.85. The summed E-state index contributed by atoms with van der Waals surface area (Å²) in [6, 6.07) is 0. The first-order chi connectivity index (χ1) is 22.7. The number of carbonyl (C=O) groups excluding carboxylic acids is 2. The minimum absolute atomic E-state index is 0. The number of amides is 2. The highest BCUT2D eigenvalue weighted by molar-refractivity contribution is 7.93. The average Bonchev–Trinajstić information content (AvgIpc) is 3.55. The van der Waals surface area contributed by atoms with Crippen molar-refractivity contribution in [3.63, 3.8) is 0 Å². The minimum atomic E-state index is -5.55. The summed E-state index contributed by atoms with van der Waals surface area (Å²) in [6.45, 7) is 0.501. The van der Waals surface area contributed by atoms with Crippen molar-refractivity contribution in [2.75, 3.05) is 37.8 Å². The molecular formula is C22H36N7O17P3S. The summed E-state index contributed by atoms with van der Waals surface area (Å²) in [4.78, 5) is 74.7. The van der Waals surface area contributed by atoms with Gasteiger partial charge >= 0.3 is 23.5 Å². The molecule has 282 valence electrons. The molecule has 0 aromatic carbocycles. The lowest BCUT2D eigenvalue weighted by atomic mass is 9.87. The van der Waals surface area contributed by atoms with Gasteiger partial charge in [-0.05, 0) is 12.0 Å². The molecule has 1 saturated heterocycles. The van der Waals surface area contributed by atoms with Crippen LogP contribution in [0.5, 0.6) is 0 Å². The summed E-state index contributed by atoms with van der Waals surface area (Å²) in [5, 5.41) is 26.0. The Morgan fingerprint density at radius 3 is 2.40 bits per heavy atom. The molecule has 50 heavy (non-hydrogen) atoms. The van der Waals surface area contributed by atoms with Crippen LogP contribution in [0.25, 0.3) is 11.2 Å². The van der Waals surface area contributed by atoms with Crippen molar-refractivity contribution >= 4 is 64.3 Å². The lowest BCUT2D eigenvalue weighted by molar-refractivity contribution is -0.137. The van der Waals surface area contributed by atoms with E-state index in [2.05, 4.69) is 34.4 Å². The van der Waals surface area contributed by atoms with Crippen molar-refractivity contribution in [3.8, 4) is 0 Å². The number of hydrogen-bond acceptors (Lipinski definition) is 18. The Kier molecular flexibility index (Phi) is 15.9. The van der Waals surface area contributed by atoms with E-state index >= 15 is 0 Å². The topological polar surface area (TPSA) is 367 Å². The number of nitrogens with zero attached hydrogens (tertiary/aromatic N) is 4. The van der Waals surface area contributed by atoms with Crippen LogP contribution < -0.4 is 16.4 Å². The predicted octanol–water partition coefficient (Wildman–Crippen LogP) is -1.31. The van der Waals surface area contributed by atoms with Crippen molar-refractivity contribution in [1.29, 1.82) is 0 Å². The van der Waals surface area contributed by atoms with Crippen molar-refractivity contribution in [1.82, 2.24) is 30.2 Å². The molecular weight excluding hydrogens is 759 g/mol. The number of phosphoric acid groups is 3. The summed E-state index contributed by atoms with van der Waals surface area (Å²) in [5.74, 6) is -1.19. The second-order valence-electron chi connectivity index (χ2n) is 10.9. The van der Waals surface area contributed by atoms with Gasteiger partial charge in [0.15, 0.2) is 17.7 Å². The van der Waals surface area contributed by atoms with E-state index in [9.17, 15) is 53.1 Å². The SMILES string of the molecule is CC(C)(COP(=O)(O)OP(=O)(O)OC[C@H]1O[C@@H](n2cnc3c(N)ncnc32)[C@H](O)[C@@H]1OP(=O)(O)O)[C@@H](O)C(=O)NCCC(=O)NCCSO.[C]. The summed E-state index contributed by atoms with van der Waals surface area (Å²) in [5.41, 5.74) is 4.27. The highest BCUT2D eigenvalue weighted by Gasteiger charge is 2.50. The third-order valence-corrected chi connectivity index (χ3v) is 10.1. The molecule has 0 aliphatic carbocycles. The number of nitrogens with two attached hydrogens (primary N) is 1. The molecule has 24 nitrogen and oxygen atoms in total. The number of aromatic nitrogens is 4. The van der Waals surface area contributed by atoms with Crippen LogP contribution in [0.2, 0.25) is 0 Å². The molecule has 4 radical (unpaired) electrons. The number of anilines is 1. The molecule has 0 saturated carbocycles. The lowest BCUT2D eigenvalue weighted by Gasteiger charge is -2.30. The second-order valence-corrected chi connectivity index (χ2v) is 15.8. The number of aliphatic hydroxyl groups excluding tert-OH is 2. The van der Waals surface area contributed by atoms with E-state index in [1.54, 1.807) is 0 Å². The Hall–Kier alpha value is -2.15. The van der Waals surface area contributed by atoms with Crippen LogP contribution in [0, 0.1) is 12.8 Å². The molecule has 1 aliphatic rings. The van der Waals surface area contributed by atoms with Crippen molar-refractivity contribution in [2.45, 2.75) is 50.9 Å². The first kappa shape index (κ1) is 44.0. The number of nitrogen functional groups attached to an aromatic ring is 1. The van der Waals surface area contributed by atoms with E-state index in [1.807, 2.05) is 0 Å². The number of hydrogen-bond donors (Lipinski definition) is 10. The van der Waals surface area contributed by atoms with Gasteiger partial charge in [-0.1, -0.05) is 13.8 Å². The number of imidazole rings is 1. The third-order valence-electron chi connectivity index (χ3n) is 6.59. The summed E-state index contributed by atoms with van der Waals surface area (Å²) < 4.78 is 70.3. The normalized spacial score (nSPS) is 22.7. The van der Waals surface area contributed by atoms with E-state index in [0.717, 1.165) is 17.2 Å². The minimum Gasteiger partial charge on any atom is -0.386 e. The molecule has 28 heteroatoms. The second kappa shape index (κ2) is 18.1. The van der Waals surface area contributed by atoms with Crippen molar-refractivity contribution < 1.29 is 80.2 Å². The Balaban J connectivity index is 0.00000867. The Bertz CT molecular complexity index is 1610. The van der Waals surface area contributed by atoms with Crippen LogP contribution in [0.3, 0.4) is 0 Å². The largest absolute Gasteiger partial charge is 0.481 e. The van der Waals surface area contributed by atoms with Crippen LogP contribution in [-0.4, -0.2) is 122 Å². The fourth-order valence-electron chi connectivity index (χ4n) is 4.18. The van der Waals surface area contributed by atoms with E-state index < -0.39 is 84.6 Å². The molecule has 11 N–H and O–H groups in total. The molecule has 0 spiro atoms. The maximum Gasteiger partial charge on any atom is 0.481 e. The van der Waals surface area contributed by atoms with E-state index in [4.69, 9.17) is 24.1 Å². The molecule has 3 heterocycles. The van der Waals surface area contributed by atoms with Crippen LogP contribution in [0.4, 0.5) is 5.82 Å². The van der Waals surface area contributed by atoms with Gasteiger partial charge in [-0.15, -0.1) is 0 Å². The smallest absolute Gasteiger partial charge is 0.386 e.